The summed E-state index contributed by atoms with van der Waals surface area (Å²) in [6.07, 6.45) is 8.28. The topological polar surface area (TPSA) is 104 Å². The highest BCUT2D eigenvalue weighted by Crippen LogP contribution is 2.39. The summed E-state index contributed by atoms with van der Waals surface area (Å²) in [6.45, 7) is 4.60. The number of imidazole rings is 1. The second kappa shape index (κ2) is 10.4. The molecule has 0 atom stereocenters. The number of nitrogens with zero attached hydrogens (tertiary/aromatic N) is 6. The number of anilines is 3. The summed E-state index contributed by atoms with van der Waals surface area (Å²) in [4.78, 5) is 21.0. The van der Waals surface area contributed by atoms with E-state index in [1.807, 2.05) is 24.3 Å². The van der Waals surface area contributed by atoms with E-state index in [-0.39, 0.29) is 17.0 Å². The number of likely N-dealkylation sites (N-methyl/N-ethyl adjacent to an activating group) is 1. The van der Waals surface area contributed by atoms with Crippen molar-refractivity contribution in [1.29, 1.82) is 0 Å². The Morgan fingerprint density at radius 3 is 2.34 bits per heavy atom. The minimum Gasteiger partial charge on any atom is -0.383 e. The van der Waals surface area contributed by atoms with Gasteiger partial charge in [0.25, 0.3) is 0 Å². The van der Waals surface area contributed by atoms with Crippen LogP contribution >= 0.6 is 0 Å². The molecule has 212 valence electrons. The van der Waals surface area contributed by atoms with Crippen LogP contribution < -0.4 is 11.1 Å². The zero-order valence-electron chi connectivity index (χ0n) is 22.9. The largest absolute Gasteiger partial charge is 0.383 e. The minimum absolute atomic E-state index is 0.0324. The van der Waals surface area contributed by atoms with Gasteiger partial charge >= 0.3 is 0 Å². The van der Waals surface area contributed by atoms with Crippen molar-refractivity contribution in [3.05, 3.63) is 60.6 Å². The van der Waals surface area contributed by atoms with Gasteiger partial charge in [0.2, 0.25) is 5.95 Å². The molecular weight excluding hydrogens is 524 g/mol. The van der Waals surface area contributed by atoms with E-state index in [1.165, 1.54) is 12.8 Å². The molecule has 2 fully saturated rings. The van der Waals surface area contributed by atoms with Gasteiger partial charge in [0, 0.05) is 55.7 Å². The number of piperazine rings is 1. The predicted octanol–water partition coefficient (Wildman–Crippen LogP) is 5.31. The van der Waals surface area contributed by atoms with Crippen LogP contribution in [0.25, 0.3) is 33.2 Å². The molecule has 0 bridgehead atoms. The number of nitrogen functional groups attached to an aromatic ring is 1. The van der Waals surface area contributed by atoms with Gasteiger partial charge in [0.1, 0.15) is 34.6 Å². The lowest BCUT2D eigenvalue weighted by atomic mass is 9.89. The average Bonchev–Trinajstić information content (AvgIpc) is 3.60. The zero-order valence-corrected chi connectivity index (χ0v) is 22.9. The van der Waals surface area contributed by atoms with Gasteiger partial charge in [-0.25, -0.2) is 23.7 Å². The first-order chi connectivity index (χ1) is 19.9. The lowest BCUT2D eigenvalue weighted by molar-refractivity contribution is 0.0828. The Kier molecular flexibility index (Phi) is 6.55. The number of rotatable bonds is 5. The maximum atomic E-state index is 14.1. The van der Waals surface area contributed by atoms with E-state index in [9.17, 15) is 8.78 Å². The SMILES string of the molecule is CN1CCN([C@H]2CC[C@H](n3cc(-c4ccc(Nc5nc6c(F)ccc(F)c6[nH]5)cc4)c4c(N)ncnc43)CC2)CC1. The molecule has 4 heterocycles. The van der Waals surface area contributed by atoms with Crippen LogP contribution in [0.5, 0.6) is 0 Å². The lowest BCUT2D eigenvalue weighted by Gasteiger charge is -2.41. The summed E-state index contributed by atoms with van der Waals surface area (Å²) in [5, 5.41) is 3.96. The third-order valence-electron chi connectivity index (χ3n) is 8.76. The molecule has 11 heteroatoms. The smallest absolute Gasteiger partial charge is 0.205 e. The first-order valence-electron chi connectivity index (χ1n) is 14.2. The summed E-state index contributed by atoms with van der Waals surface area (Å²) < 4.78 is 30.4. The number of aromatic amines is 1. The fourth-order valence-corrected chi connectivity index (χ4v) is 6.45. The molecule has 1 aliphatic heterocycles. The Morgan fingerprint density at radius 2 is 1.61 bits per heavy atom. The second-order valence-electron chi connectivity index (χ2n) is 11.2. The third kappa shape index (κ3) is 4.78. The molecule has 1 saturated heterocycles. The van der Waals surface area contributed by atoms with Crippen molar-refractivity contribution >= 4 is 39.5 Å². The van der Waals surface area contributed by atoms with E-state index in [4.69, 9.17) is 5.73 Å². The van der Waals surface area contributed by atoms with Crippen molar-refractivity contribution in [2.24, 2.45) is 0 Å². The predicted molar refractivity (Wildman–Crippen MR) is 157 cm³/mol. The van der Waals surface area contributed by atoms with Crippen molar-refractivity contribution in [2.75, 3.05) is 44.3 Å². The number of hydrogen-bond acceptors (Lipinski definition) is 7. The monoisotopic (exact) mass is 557 g/mol. The van der Waals surface area contributed by atoms with E-state index < -0.39 is 11.6 Å². The van der Waals surface area contributed by atoms with Gasteiger partial charge in [-0.05, 0) is 62.6 Å². The van der Waals surface area contributed by atoms with Crippen LogP contribution in [0.4, 0.5) is 26.2 Å². The quantitative estimate of drug-likeness (QED) is 0.269. The molecular formula is C30H33F2N9. The molecule has 2 aliphatic rings. The van der Waals surface area contributed by atoms with Gasteiger partial charge < -0.3 is 25.5 Å². The van der Waals surface area contributed by atoms with Crippen molar-refractivity contribution in [1.82, 2.24) is 34.3 Å². The van der Waals surface area contributed by atoms with Gasteiger partial charge in [-0.15, -0.1) is 0 Å². The Balaban J connectivity index is 1.13. The molecule has 3 aromatic heterocycles. The van der Waals surface area contributed by atoms with Gasteiger partial charge in [-0.2, -0.15) is 0 Å². The fourth-order valence-electron chi connectivity index (χ4n) is 6.45. The van der Waals surface area contributed by atoms with Crippen LogP contribution in [-0.2, 0) is 0 Å². The van der Waals surface area contributed by atoms with Crippen LogP contribution in [-0.4, -0.2) is 73.6 Å². The molecule has 0 spiro atoms. The number of fused-ring (bicyclic) bond motifs is 2. The van der Waals surface area contributed by atoms with Crippen LogP contribution in [0.1, 0.15) is 31.7 Å². The Bertz CT molecular complexity index is 1660. The number of hydrogen-bond donors (Lipinski definition) is 3. The van der Waals surface area contributed by atoms with Crippen molar-refractivity contribution in [2.45, 2.75) is 37.8 Å². The van der Waals surface area contributed by atoms with Crippen LogP contribution in [0.15, 0.2) is 48.9 Å². The van der Waals surface area contributed by atoms with Crippen molar-refractivity contribution < 1.29 is 8.78 Å². The Morgan fingerprint density at radius 1 is 0.902 bits per heavy atom. The molecule has 5 aromatic rings. The molecule has 0 amide bonds. The summed E-state index contributed by atoms with van der Waals surface area (Å²) in [6, 6.07) is 10.9. The van der Waals surface area contributed by atoms with Crippen LogP contribution in [0.3, 0.4) is 0 Å². The summed E-state index contributed by atoms with van der Waals surface area (Å²) in [5.41, 5.74) is 9.95. The highest BCUT2D eigenvalue weighted by atomic mass is 19.1. The van der Waals surface area contributed by atoms with Crippen LogP contribution in [0.2, 0.25) is 0 Å². The van der Waals surface area contributed by atoms with Crippen molar-refractivity contribution in [3.63, 3.8) is 0 Å². The fraction of sp³-hybridized carbons (Fsp3) is 0.367. The minimum atomic E-state index is -0.579. The lowest BCUT2D eigenvalue weighted by Crippen LogP contribution is -2.49. The number of nitrogens with one attached hydrogen (secondary N) is 2. The average molecular weight is 558 g/mol. The highest BCUT2D eigenvalue weighted by Gasteiger charge is 2.30. The van der Waals surface area contributed by atoms with E-state index in [1.54, 1.807) is 6.33 Å². The molecule has 1 aliphatic carbocycles. The molecule has 0 radical (unpaired) electrons. The molecule has 9 nitrogen and oxygen atoms in total. The zero-order chi connectivity index (χ0) is 28.1. The number of nitrogens with two attached hydrogens (primary N) is 1. The standard InChI is InChI=1S/C30H33F2N9/c1-39-12-14-40(15-13-39)20-6-8-21(9-7-20)41-16-22(25-28(33)34-17-35-29(25)41)18-2-4-19(5-3-18)36-30-37-26-23(31)10-11-24(32)27(26)38-30/h2-5,10-11,16-17,20-21H,6-9,12-15H2,1H3,(H2,33,34,35)(H2,36,37,38)/t20-,21-. The maximum absolute atomic E-state index is 14.1. The summed E-state index contributed by atoms with van der Waals surface area (Å²) >= 11 is 0. The number of benzene rings is 2. The van der Waals surface area contributed by atoms with Gasteiger partial charge in [0.15, 0.2) is 5.82 Å². The second-order valence-corrected chi connectivity index (χ2v) is 11.2. The van der Waals surface area contributed by atoms with Gasteiger partial charge in [-0.3, -0.25) is 4.90 Å². The molecule has 7 rings (SSSR count). The van der Waals surface area contributed by atoms with E-state index >= 15 is 0 Å². The summed E-state index contributed by atoms with van der Waals surface area (Å²) in [5.74, 6) is -0.409. The summed E-state index contributed by atoms with van der Waals surface area (Å²) in [7, 11) is 2.20. The normalized spacial score (nSPS) is 20.7. The van der Waals surface area contributed by atoms with E-state index in [2.05, 4.69) is 52.9 Å². The molecule has 41 heavy (non-hydrogen) atoms. The van der Waals surface area contributed by atoms with Crippen molar-refractivity contribution in [3.8, 4) is 11.1 Å². The Labute approximate surface area is 236 Å². The van der Waals surface area contributed by atoms with Crippen LogP contribution in [0, 0.1) is 11.6 Å². The maximum Gasteiger partial charge on any atom is 0.205 e. The Hall–Kier alpha value is -4.09. The first kappa shape index (κ1) is 25.8. The molecule has 0 unspecified atom stereocenters. The molecule has 1 saturated carbocycles. The van der Waals surface area contributed by atoms with Gasteiger partial charge in [-0.1, -0.05) is 12.1 Å². The molecule has 2 aromatic carbocycles. The van der Waals surface area contributed by atoms with Gasteiger partial charge in [0.05, 0.1) is 5.39 Å². The number of aromatic nitrogens is 5. The van der Waals surface area contributed by atoms with E-state index in [0.717, 1.165) is 79.0 Å². The highest BCUT2D eigenvalue weighted by molar-refractivity contribution is 6.00. The first-order valence-corrected chi connectivity index (χ1v) is 14.2. The third-order valence-corrected chi connectivity index (χ3v) is 8.76. The van der Waals surface area contributed by atoms with E-state index in [0.29, 0.717) is 17.9 Å². The molecule has 4 N–H and O–H groups in total. The number of H-pyrrole nitrogens is 1. The number of halogens is 2.